The van der Waals surface area contributed by atoms with Crippen molar-refractivity contribution in [1.29, 1.82) is 0 Å². The molecule has 1 saturated carbocycles. The van der Waals surface area contributed by atoms with E-state index in [1.807, 2.05) is 6.20 Å². The molecule has 0 radical (unpaired) electrons. The van der Waals surface area contributed by atoms with Crippen molar-refractivity contribution in [3.05, 3.63) is 29.6 Å². The predicted octanol–water partition coefficient (Wildman–Crippen LogP) is 3.24. The third kappa shape index (κ3) is 2.23. The summed E-state index contributed by atoms with van der Waals surface area (Å²) in [6, 6.07) is 5.53. The Morgan fingerprint density at radius 3 is 3.00 bits per heavy atom. The zero-order valence-electron chi connectivity index (χ0n) is 10.7. The molecule has 92 valence electrons. The second kappa shape index (κ2) is 4.77. The van der Waals surface area contributed by atoms with Crippen molar-refractivity contribution < 1.29 is 0 Å². The molecular formula is C15H22N2. The van der Waals surface area contributed by atoms with Gasteiger partial charge >= 0.3 is 0 Å². The van der Waals surface area contributed by atoms with E-state index in [2.05, 4.69) is 29.4 Å². The first-order valence-electron chi connectivity index (χ1n) is 7.04. The zero-order valence-corrected chi connectivity index (χ0v) is 10.7. The van der Waals surface area contributed by atoms with Crippen LogP contribution in [0.25, 0.3) is 0 Å². The average Bonchev–Trinajstić information content (AvgIpc) is 2.76. The largest absolute Gasteiger partial charge is 0.306 e. The third-order valence-corrected chi connectivity index (χ3v) is 4.47. The van der Waals surface area contributed by atoms with Crippen molar-refractivity contribution in [2.24, 2.45) is 5.92 Å². The van der Waals surface area contributed by atoms with E-state index in [0.717, 1.165) is 5.92 Å². The topological polar surface area (TPSA) is 24.9 Å². The van der Waals surface area contributed by atoms with Crippen LogP contribution in [0.3, 0.4) is 0 Å². The maximum Gasteiger partial charge on any atom is 0.0605 e. The van der Waals surface area contributed by atoms with Crippen LogP contribution in [0.4, 0.5) is 0 Å². The second-order valence-electron chi connectivity index (χ2n) is 5.67. The summed E-state index contributed by atoms with van der Waals surface area (Å²) >= 11 is 0. The number of aromatic nitrogens is 1. The molecule has 2 heteroatoms. The SMILES string of the molecule is CC1CCCC1NC1CCCc2cccnc21. The number of fused-ring (bicyclic) bond motifs is 1. The van der Waals surface area contributed by atoms with Crippen LogP contribution < -0.4 is 5.32 Å². The van der Waals surface area contributed by atoms with Gasteiger partial charge in [-0.15, -0.1) is 0 Å². The van der Waals surface area contributed by atoms with Crippen LogP contribution in [0.5, 0.6) is 0 Å². The Morgan fingerprint density at radius 1 is 1.24 bits per heavy atom. The van der Waals surface area contributed by atoms with Crippen molar-refractivity contribution in [3.8, 4) is 0 Å². The summed E-state index contributed by atoms with van der Waals surface area (Å²) in [5.41, 5.74) is 2.78. The minimum Gasteiger partial charge on any atom is -0.306 e. The molecule has 3 atom stereocenters. The van der Waals surface area contributed by atoms with E-state index in [1.54, 1.807) is 0 Å². The molecular weight excluding hydrogens is 208 g/mol. The van der Waals surface area contributed by atoms with Gasteiger partial charge in [-0.3, -0.25) is 4.98 Å². The van der Waals surface area contributed by atoms with Gasteiger partial charge in [0.2, 0.25) is 0 Å². The Bertz CT molecular complexity index is 388. The summed E-state index contributed by atoms with van der Waals surface area (Å²) in [5, 5.41) is 3.86. The van der Waals surface area contributed by atoms with E-state index < -0.39 is 0 Å². The van der Waals surface area contributed by atoms with Gasteiger partial charge in [-0.25, -0.2) is 0 Å². The minimum absolute atomic E-state index is 0.505. The standard InChI is InChI=1S/C15H22N2/c1-11-5-2-8-13(11)17-14-9-3-6-12-7-4-10-16-15(12)14/h4,7,10-11,13-14,17H,2-3,5-6,8-9H2,1H3. The monoisotopic (exact) mass is 230 g/mol. The van der Waals surface area contributed by atoms with E-state index in [4.69, 9.17) is 0 Å². The van der Waals surface area contributed by atoms with Gasteiger partial charge < -0.3 is 5.32 Å². The maximum atomic E-state index is 4.61. The molecule has 1 aromatic heterocycles. The van der Waals surface area contributed by atoms with Crippen molar-refractivity contribution in [3.63, 3.8) is 0 Å². The lowest BCUT2D eigenvalue weighted by molar-refractivity contribution is 0.345. The zero-order chi connectivity index (χ0) is 11.7. The fraction of sp³-hybridized carbons (Fsp3) is 0.667. The highest BCUT2D eigenvalue weighted by Gasteiger charge is 2.28. The van der Waals surface area contributed by atoms with Gasteiger partial charge in [0.1, 0.15) is 0 Å². The molecule has 1 aromatic rings. The number of rotatable bonds is 2. The molecule has 1 N–H and O–H groups in total. The molecule has 1 heterocycles. The average molecular weight is 230 g/mol. The van der Waals surface area contributed by atoms with Crippen LogP contribution in [0.15, 0.2) is 18.3 Å². The molecule has 0 aliphatic heterocycles. The third-order valence-electron chi connectivity index (χ3n) is 4.47. The van der Waals surface area contributed by atoms with Crippen LogP contribution in [-0.4, -0.2) is 11.0 Å². The Morgan fingerprint density at radius 2 is 2.18 bits per heavy atom. The van der Waals surface area contributed by atoms with Gasteiger partial charge in [0.05, 0.1) is 5.69 Å². The highest BCUT2D eigenvalue weighted by molar-refractivity contribution is 5.25. The number of hydrogen-bond acceptors (Lipinski definition) is 2. The molecule has 0 spiro atoms. The summed E-state index contributed by atoms with van der Waals surface area (Å²) < 4.78 is 0. The molecule has 0 aromatic carbocycles. The van der Waals surface area contributed by atoms with Crippen LogP contribution in [-0.2, 0) is 6.42 Å². The van der Waals surface area contributed by atoms with Crippen molar-refractivity contribution in [2.75, 3.05) is 0 Å². The lowest BCUT2D eigenvalue weighted by atomic mass is 9.90. The van der Waals surface area contributed by atoms with Gasteiger partial charge in [0.25, 0.3) is 0 Å². The molecule has 0 saturated heterocycles. The molecule has 17 heavy (non-hydrogen) atoms. The number of nitrogens with zero attached hydrogens (tertiary/aromatic N) is 1. The molecule has 1 fully saturated rings. The lowest BCUT2D eigenvalue weighted by Crippen LogP contribution is -2.36. The highest BCUT2D eigenvalue weighted by Crippen LogP contribution is 2.32. The van der Waals surface area contributed by atoms with Crippen molar-refractivity contribution in [2.45, 2.75) is 57.5 Å². The maximum absolute atomic E-state index is 4.61. The first-order valence-corrected chi connectivity index (χ1v) is 7.04. The van der Waals surface area contributed by atoms with Crippen LogP contribution in [0.2, 0.25) is 0 Å². The quantitative estimate of drug-likeness (QED) is 0.843. The highest BCUT2D eigenvalue weighted by atomic mass is 15.0. The van der Waals surface area contributed by atoms with Crippen molar-refractivity contribution >= 4 is 0 Å². The van der Waals surface area contributed by atoms with Gasteiger partial charge in [0.15, 0.2) is 0 Å². The summed E-state index contributed by atoms with van der Waals surface area (Å²) in [4.78, 5) is 4.61. The Hall–Kier alpha value is -0.890. The first kappa shape index (κ1) is 11.2. The second-order valence-corrected chi connectivity index (χ2v) is 5.67. The fourth-order valence-electron chi connectivity index (χ4n) is 3.42. The molecule has 3 unspecified atom stereocenters. The summed E-state index contributed by atoms with van der Waals surface area (Å²) in [6.45, 7) is 2.38. The van der Waals surface area contributed by atoms with Gasteiger partial charge in [-0.1, -0.05) is 19.4 Å². The first-order chi connectivity index (χ1) is 8.34. The minimum atomic E-state index is 0.505. The van der Waals surface area contributed by atoms with E-state index in [0.29, 0.717) is 12.1 Å². The van der Waals surface area contributed by atoms with Gasteiger partial charge in [0, 0.05) is 18.3 Å². The Kier molecular flexibility index (Phi) is 3.15. The Labute approximate surface area is 104 Å². The van der Waals surface area contributed by atoms with Crippen LogP contribution >= 0.6 is 0 Å². The predicted molar refractivity (Wildman–Crippen MR) is 69.9 cm³/mol. The smallest absolute Gasteiger partial charge is 0.0605 e. The van der Waals surface area contributed by atoms with E-state index in [1.165, 1.54) is 49.8 Å². The number of aryl methyl sites for hydroxylation is 1. The van der Waals surface area contributed by atoms with Gasteiger partial charge in [-0.2, -0.15) is 0 Å². The van der Waals surface area contributed by atoms with Gasteiger partial charge in [-0.05, 0) is 49.7 Å². The fourth-order valence-corrected chi connectivity index (χ4v) is 3.42. The molecule has 2 aliphatic rings. The van der Waals surface area contributed by atoms with E-state index in [9.17, 15) is 0 Å². The number of hydrogen-bond donors (Lipinski definition) is 1. The molecule has 3 rings (SSSR count). The Balaban J connectivity index is 1.76. The number of pyridine rings is 1. The summed E-state index contributed by atoms with van der Waals surface area (Å²) in [5.74, 6) is 0.837. The summed E-state index contributed by atoms with van der Waals surface area (Å²) in [6.07, 6.45) is 9.84. The summed E-state index contributed by atoms with van der Waals surface area (Å²) in [7, 11) is 0. The van der Waals surface area contributed by atoms with Crippen LogP contribution in [0.1, 0.15) is 56.3 Å². The van der Waals surface area contributed by atoms with E-state index >= 15 is 0 Å². The van der Waals surface area contributed by atoms with E-state index in [-0.39, 0.29) is 0 Å². The molecule has 0 bridgehead atoms. The molecule has 0 amide bonds. The molecule has 2 nitrogen and oxygen atoms in total. The number of nitrogens with one attached hydrogen (secondary N) is 1. The molecule has 2 aliphatic carbocycles. The van der Waals surface area contributed by atoms with Crippen molar-refractivity contribution in [1.82, 2.24) is 10.3 Å². The normalized spacial score (nSPS) is 32.4. The lowest BCUT2D eigenvalue weighted by Gasteiger charge is -2.29. The van der Waals surface area contributed by atoms with Crippen LogP contribution in [0, 0.1) is 5.92 Å².